The Bertz CT molecular complexity index is 684. The number of carbonyl (C=O) groups excluding carboxylic acids is 2. The first-order valence-electron chi connectivity index (χ1n) is 7.49. The largest absolute Gasteiger partial charge is 0.351 e. The molecule has 0 saturated carbocycles. The highest BCUT2D eigenvalue weighted by atomic mass is 32.1. The molecule has 1 heterocycles. The first-order valence-corrected chi connectivity index (χ1v) is 8.30. The van der Waals surface area contributed by atoms with E-state index in [2.05, 4.69) is 22.5 Å². The van der Waals surface area contributed by atoms with E-state index in [4.69, 9.17) is 5.73 Å². The van der Waals surface area contributed by atoms with E-state index >= 15 is 0 Å². The zero-order chi connectivity index (χ0) is 16.7. The Labute approximate surface area is 139 Å². The van der Waals surface area contributed by atoms with Crippen LogP contribution in [-0.4, -0.2) is 29.9 Å². The molecule has 2 amide bonds. The molecule has 2 aromatic rings. The van der Waals surface area contributed by atoms with Gasteiger partial charge in [-0.15, -0.1) is 11.3 Å². The number of hydrogen-bond donors (Lipinski definition) is 3. The van der Waals surface area contributed by atoms with Crippen LogP contribution in [0.5, 0.6) is 0 Å². The number of thiazole rings is 1. The van der Waals surface area contributed by atoms with Gasteiger partial charge in [0.15, 0.2) is 0 Å². The molecule has 0 spiro atoms. The van der Waals surface area contributed by atoms with Crippen molar-refractivity contribution in [1.82, 2.24) is 10.3 Å². The number of nitrogens with one attached hydrogen (secondary N) is 2. The van der Waals surface area contributed by atoms with Crippen LogP contribution >= 0.6 is 11.3 Å². The highest BCUT2D eigenvalue weighted by molar-refractivity contribution is 7.13. The van der Waals surface area contributed by atoms with Crippen LogP contribution in [0.15, 0.2) is 30.5 Å². The quantitative estimate of drug-likeness (QED) is 0.723. The minimum atomic E-state index is -0.262. The second-order valence-corrected chi connectivity index (χ2v) is 6.03. The fourth-order valence-corrected chi connectivity index (χ4v) is 2.91. The molecule has 1 aromatic heterocycles. The molecule has 122 valence electrons. The highest BCUT2D eigenvalue weighted by Crippen LogP contribution is 2.19. The van der Waals surface area contributed by atoms with Gasteiger partial charge in [-0.2, -0.15) is 0 Å². The van der Waals surface area contributed by atoms with E-state index in [1.54, 1.807) is 30.5 Å². The highest BCUT2D eigenvalue weighted by Gasteiger charge is 2.15. The minimum Gasteiger partial charge on any atom is -0.351 e. The van der Waals surface area contributed by atoms with E-state index in [1.807, 2.05) is 0 Å². The van der Waals surface area contributed by atoms with Gasteiger partial charge >= 0.3 is 0 Å². The van der Waals surface area contributed by atoms with Crippen molar-refractivity contribution in [3.63, 3.8) is 0 Å². The molecule has 0 unspecified atom stereocenters. The summed E-state index contributed by atoms with van der Waals surface area (Å²) in [6.45, 7) is 2.81. The van der Waals surface area contributed by atoms with Gasteiger partial charge in [-0.3, -0.25) is 9.59 Å². The molecule has 0 saturated heterocycles. The van der Waals surface area contributed by atoms with Crippen molar-refractivity contribution in [2.75, 3.05) is 18.4 Å². The van der Waals surface area contributed by atoms with Gasteiger partial charge in [-0.25, -0.2) is 4.98 Å². The first-order chi connectivity index (χ1) is 11.2. The molecule has 0 aliphatic heterocycles. The van der Waals surface area contributed by atoms with Gasteiger partial charge < -0.3 is 16.4 Å². The molecular formula is C16H20N4O2S. The number of aryl methyl sites for hydroxylation is 1. The normalized spacial score (nSPS) is 10.3. The van der Waals surface area contributed by atoms with E-state index in [0.717, 1.165) is 17.8 Å². The van der Waals surface area contributed by atoms with Crippen LogP contribution in [0, 0.1) is 0 Å². The zero-order valence-corrected chi connectivity index (χ0v) is 13.8. The molecular weight excluding hydrogens is 312 g/mol. The molecule has 4 N–H and O–H groups in total. The SMILES string of the molecule is CCCc1ncc(C(=O)Nc2ccccc2C(=O)NCCN)s1. The minimum absolute atomic E-state index is 0.260. The summed E-state index contributed by atoms with van der Waals surface area (Å²) in [6, 6.07) is 6.88. The van der Waals surface area contributed by atoms with Gasteiger partial charge in [0.05, 0.1) is 22.5 Å². The molecule has 23 heavy (non-hydrogen) atoms. The maximum absolute atomic E-state index is 12.3. The van der Waals surface area contributed by atoms with Gasteiger partial charge in [0, 0.05) is 13.1 Å². The molecule has 1 aromatic carbocycles. The Morgan fingerprint density at radius 3 is 2.78 bits per heavy atom. The number of para-hydroxylation sites is 1. The summed E-state index contributed by atoms with van der Waals surface area (Å²) in [5.41, 5.74) is 6.27. The summed E-state index contributed by atoms with van der Waals surface area (Å²) < 4.78 is 0. The van der Waals surface area contributed by atoms with Crippen LogP contribution in [-0.2, 0) is 6.42 Å². The van der Waals surface area contributed by atoms with E-state index in [0.29, 0.717) is 29.2 Å². The number of benzene rings is 1. The molecule has 6 nitrogen and oxygen atoms in total. The Morgan fingerprint density at radius 2 is 2.04 bits per heavy atom. The summed E-state index contributed by atoms with van der Waals surface area (Å²) in [5, 5.41) is 6.41. The van der Waals surface area contributed by atoms with Crippen molar-refractivity contribution in [1.29, 1.82) is 0 Å². The predicted octanol–water partition coefficient (Wildman–Crippen LogP) is 2.04. The summed E-state index contributed by atoms with van der Waals surface area (Å²) in [4.78, 5) is 29.2. The fraction of sp³-hybridized carbons (Fsp3) is 0.312. The van der Waals surface area contributed by atoms with Gasteiger partial charge in [0.2, 0.25) is 0 Å². The van der Waals surface area contributed by atoms with Crippen LogP contribution in [0.2, 0.25) is 0 Å². The Hall–Kier alpha value is -2.25. The topological polar surface area (TPSA) is 97.1 Å². The lowest BCUT2D eigenvalue weighted by Gasteiger charge is -2.10. The van der Waals surface area contributed by atoms with E-state index in [9.17, 15) is 9.59 Å². The third-order valence-electron chi connectivity index (χ3n) is 3.09. The zero-order valence-electron chi connectivity index (χ0n) is 13.0. The van der Waals surface area contributed by atoms with Crippen molar-refractivity contribution in [3.05, 3.63) is 45.9 Å². The fourth-order valence-electron chi connectivity index (χ4n) is 2.00. The Balaban J connectivity index is 2.12. The van der Waals surface area contributed by atoms with Crippen LogP contribution < -0.4 is 16.4 Å². The van der Waals surface area contributed by atoms with Gasteiger partial charge in [0.1, 0.15) is 4.88 Å². The lowest BCUT2D eigenvalue weighted by Crippen LogP contribution is -2.29. The number of nitrogens with two attached hydrogens (primary N) is 1. The van der Waals surface area contributed by atoms with Crippen molar-refractivity contribution >= 4 is 28.8 Å². The first kappa shape index (κ1) is 17.1. The summed E-state index contributed by atoms with van der Waals surface area (Å²) in [5.74, 6) is -0.522. The Kier molecular flexibility index (Phi) is 6.25. The molecule has 7 heteroatoms. The summed E-state index contributed by atoms with van der Waals surface area (Å²) >= 11 is 1.37. The number of rotatable bonds is 7. The standard InChI is InChI=1S/C16H20N4O2S/c1-2-5-14-19-10-13(23-14)16(22)20-12-7-4-3-6-11(12)15(21)18-9-8-17/h3-4,6-7,10H,2,5,8-9,17H2,1H3,(H,18,21)(H,20,22). The van der Waals surface area contributed by atoms with Crippen molar-refractivity contribution < 1.29 is 9.59 Å². The second kappa shape index (κ2) is 8.40. The van der Waals surface area contributed by atoms with Crippen LogP contribution in [0.4, 0.5) is 5.69 Å². The number of hydrogen-bond acceptors (Lipinski definition) is 5. The number of aromatic nitrogens is 1. The molecule has 0 aliphatic rings. The molecule has 0 fully saturated rings. The van der Waals surface area contributed by atoms with Crippen molar-refractivity contribution in [2.24, 2.45) is 5.73 Å². The molecule has 0 bridgehead atoms. The lowest BCUT2D eigenvalue weighted by molar-refractivity contribution is 0.0955. The number of amides is 2. The smallest absolute Gasteiger partial charge is 0.267 e. The third kappa shape index (κ3) is 4.61. The molecule has 0 aliphatic carbocycles. The van der Waals surface area contributed by atoms with Gasteiger partial charge in [-0.1, -0.05) is 19.1 Å². The van der Waals surface area contributed by atoms with Gasteiger partial charge in [0.25, 0.3) is 11.8 Å². The number of carbonyl (C=O) groups is 2. The van der Waals surface area contributed by atoms with Crippen LogP contribution in [0.25, 0.3) is 0 Å². The number of anilines is 1. The van der Waals surface area contributed by atoms with E-state index in [1.165, 1.54) is 11.3 Å². The monoisotopic (exact) mass is 332 g/mol. The van der Waals surface area contributed by atoms with Crippen molar-refractivity contribution in [2.45, 2.75) is 19.8 Å². The lowest BCUT2D eigenvalue weighted by atomic mass is 10.1. The van der Waals surface area contributed by atoms with E-state index < -0.39 is 0 Å². The Morgan fingerprint density at radius 1 is 1.26 bits per heavy atom. The van der Waals surface area contributed by atoms with Crippen LogP contribution in [0.3, 0.4) is 0 Å². The molecule has 2 rings (SSSR count). The maximum Gasteiger partial charge on any atom is 0.267 e. The maximum atomic E-state index is 12.3. The van der Waals surface area contributed by atoms with E-state index in [-0.39, 0.29) is 11.8 Å². The average molecular weight is 332 g/mol. The molecule has 0 atom stereocenters. The van der Waals surface area contributed by atoms with Gasteiger partial charge in [-0.05, 0) is 25.0 Å². The van der Waals surface area contributed by atoms with Crippen molar-refractivity contribution in [3.8, 4) is 0 Å². The average Bonchev–Trinajstić information content (AvgIpc) is 3.02. The number of nitrogens with zero attached hydrogens (tertiary/aromatic N) is 1. The predicted molar refractivity (Wildman–Crippen MR) is 91.9 cm³/mol. The van der Waals surface area contributed by atoms with Crippen LogP contribution in [0.1, 0.15) is 38.4 Å². The summed E-state index contributed by atoms with van der Waals surface area (Å²) in [7, 11) is 0. The third-order valence-corrected chi connectivity index (χ3v) is 4.15. The summed E-state index contributed by atoms with van der Waals surface area (Å²) in [6.07, 6.45) is 3.41. The second-order valence-electron chi connectivity index (χ2n) is 4.91. The molecule has 0 radical (unpaired) electrons.